The van der Waals surface area contributed by atoms with Gasteiger partial charge in [0, 0.05) is 13.0 Å². The van der Waals surface area contributed by atoms with Crippen molar-refractivity contribution in [2.75, 3.05) is 13.7 Å². The summed E-state index contributed by atoms with van der Waals surface area (Å²) in [7, 11) is -2.98. The van der Waals surface area contributed by atoms with Gasteiger partial charge in [0.05, 0.1) is 24.5 Å². The number of esters is 1. The highest BCUT2D eigenvalue weighted by atomic mass is 32.2. The van der Waals surface area contributed by atoms with Crippen LogP contribution < -0.4 is 10.0 Å². The largest absolute Gasteiger partial charge is 0.469 e. The molecule has 0 spiro atoms. The number of hydrogen-bond acceptors (Lipinski definition) is 5. The zero-order valence-corrected chi connectivity index (χ0v) is 16.6. The van der Waals surface area contributed by atoms with Gasteiger partial charge in [0.15, 0.2) is 11.6 Å². The Balaban J connectivity index is 1.98. The molecular weight excluding hydrogens is 425 g/mol. The molecule has 0 aliphatic carbocycles. The van der Waals surface area contributed by atoms with E-state index in [0.29, 0.717) is 17.7 Å². The summed E-state index contributed by atoms with van der Waals surface area (Å²) in [4.78, 5) is 23.3. The van der Waals surface area contributed by atoms with Crippen LogP contribution >= 0.6 is 0 Å². The molecule has 0 aliphatic heterocycles. The van der Waals surface area contributed by atoms with Crippen LogP contribution in [0.5, 0.6) is 0 Å². The first-order valence-electron chi connectivity index (χ1n) is 8.68. The molecule has 1 unspecified atom stereocenters. The molecule has 7 nitrogen and oxygen atoms in total. The molecule has 0 aliphatic rings. The lowest BCUT2D eigenvalue weighted by molar-refractivity contribution is -0.141. The molecule has 162 valence electrons. The smallest absolute Gasteiger partial charge is 0.307 e. The highest BCUT2D eigenvalue weighted by Gasteiger charge is 2.20. The standard InChI is InChI=1S/C19H19F3N2O5S/c1-29-19(26)11-17(12-2-4-13(20)5-3-12)24-18(25)8-9-23-30(27,28)14-6-7-15(21)16(22)10-14/h2-7,10,17,23H,8-9,11H2,1H3,(H,24,25). The number of halogens is 3. The molecule has 0 aromatic heterocycles. The van der Waals surface area contributed by atoms with E-state index in [9.17, 15) is 31.2 Å². The van der Waals surface area contributed by atoms with Crippen molar-refractivity contribution in [2.45, 2.75) is 23.8 Å². The first kappa shape index (κ1) is 23.4. The predicted octanol–water partition coefficient (Wildman–Crippen LogP) is 2.19. The highest BCUT2D eigenvalue weighted by Crippen LogP contribution is 2.18. The van der Waals surface area contributed by atoms with E-state index in [-0.39, 0.29) is 19.4 Å². The van der Waals surface area contributed by atoms with E-state index in [1.54, 1.807) is 0 Å². The van der Waals surface area contributed by atoms with E-state index in [1.165, 1.54) is 31.4 Å². The van der Waals surface area contributed by atoms with Crippen molar-refractivity contribution in [3.05, 3.63) is 65.5 Å². The number of amides is 1. The van der Waals surface area contributed by atoms with E-state index in [4.69, 9.17) is 0 Å². The van der Waals surface area contributed by atoms with Crippen molar-refractivity contribution < 1.29 is 35.9 Å². The number of hydrogen-bond donors (Lipinski definition) is 2. The van der Waals surface area contributed by atoms with Crippen LogP contribution in [0.3, 0.4) is 0 Å². The van der Waals surface area contributed by atoms with Crippen LogP contribution in [0.25, 0.3) is 0 Å². The highest BCUT2D eigenvalue weighted by molar-refractivity contribution is 7.89. The molecule has 0 bridgehead atoms. The second-order valence-corrected chi connectivity index (χ2v) is 7.94. The van der Waals surface area contributed by atoms with Crippen molar-refractivity contribution in [3.8, 4) is 0 Å². The topological polar surface area (TPSA) is 102 Å². The molecule has 1 amide bonds. The van der Waals surface area contributed by atoms with Gasteiger partial charge in [-0.1, -0.05) is 12.1 Å². The van der Waals surface area contributed by atoms with Crippen LogP contribution in [-0.2, 0) is 24.3 Å². The maximum absolute atomic E-state index is 13.2. The average Bonchev–Trinajstić information content (AvgIpc) is 2.69. The van der Waals surface area contributed by atoms with Gasteiger partial charge in [-0.05, 0) is 35.9 Å². The Morgan fingerprint density at radius 1 is 1.03 bits per heavy atom. The van der Waals surface area contributed by atoms with Gasteiger partial charge >= 0.3 is 5.97 Å². The van der Waals surface area contributed by atoms with Crippen LogP contribution in [0, 0.1) is 17.5 Å². The Bertz CT molecular complexity index is 1010. The molecule has 1 atom stereocenters. The van der Waals surface area contributed by atoms with Crippen LogP contribution in [-0.4, -0.2) is 33.9 Å². The quantitative estimate of drug-likeness (QED) is 0.578. The molecule has 0 saturated carbocycles. The third-order valence-corrected chi connectivity index (χ3v) is 5.51. The number of sulfonamides is 1. The maximum atomic E-state index is 13.2. The Hall–Kier alpha value is -2.92. The molecule has 30 heavy (non-hydrogen) atoms. The van der Waals surface area contributed by atoms with Crippen LogP contribution in [0.15, 0.2) is 47.4 Å². The zero-order valence-electron chi connectivity index (χ0n) is 15.8. The number of methoxy groups -OCH3 is 1. The van der Waals surface area contributed by atoms with Gasteiger partial charge < -0.3 is 10.1 Å². The fourth-order valence-corrected chi connectivity index (χ4v) is 3.53. The minimum atomic E-state index is -4.16. The second-order valence-electron chi connectivity index (χ2n) is 6.18. The Morgan fingerprint density at radius 2 is 1.70 bits per heavy atom. The third kappa shape index (κ3) is 6.56. The number of nitrogens with one attached hydrogen (secondary N) is 2. The van der Waals surface area contributed by atoms with E-state index >= 15 is 0 Å². The van der Waals surface area contributed by atoms with Gasteiger partial charge in [-0.3, -0.25) is 9.59 Å². The van der Waals surface area contributed by atoms with E-state index in [1.807, 2.05) is 0 Å². The number of ether oxygens (including phenoxy) is 1. The van der Waals surface area contributed by atoms with Crippen molar-refractivity contribution in [1.82, 2.24) is 10.0 Å². The lowest BCUT2D eigenvalue weighted by Gasteiger charge is -2.18. The zero-order chi connectivity index (χ0) is 22.3. The summed E-state index contributed by atoms with van der Waals surface area (Å²) in [5, 5.41) is 2.55. The maximum Gasteiger partial charge on any atom is 0.307 e. The van der Waals surface area contributed by atoms with Gasteiger partial charge in [-0.15, -0.1) is 0 Å². The fraction of sp³-hybridized carbons (Fsp3) is 0.263. The monoisotopic (exact) mass is 444 g/mol. The van der Waals surface area contributed by atoms with Crippen LogP contribution in [0.4, 0.5) is 13.2 Å². The predicted molar refractivity (Wildman–Crippen MR) is 100 cm³/mol. The van der Waals surface area contributed by atoms with E-state index in [0.717, 1.165) is 6.07 Å². The molecule has 0 fully saturated rings. The molecule has 2 aromatic carbocycles. The van der Waals surface area contributed by atoms with Crippen LogP contribution in [0.1, 0.15) is 24.4 Å². The van der Waals surface area contributed by atoms with Gasteiger partial charge in [-0.25, -0.2) is 26.3 Å². The first-order chi connectivity index (χ1) is 14.1. The summed E-state index contributed by atoms with van der Waals surface area (Å²) in [6.45, 7) is -0.332. The number of rotatable bonds is 9. The Kier molecular flexibility index (Phi) is 7.95. The van der Waals surface area contributed by atoms with Crippen molar-refractivity contribution in [2.24, 2.45) is 0 Å². The molecule has 11 heteroatoms. The normalized spacial score (nSPS) is 12.3. The minimum Gasteiger partial charge on any atom is -0.469 e. The average molecular weight is 444 g/mol. The summed E-state index contributed by atoms with van der Waals surface area (Å²) in [6, 6.07) is 6.42. The number of carbonyl (C=O) groups is 2. The third-order valence-electron chi connectivity index (χ3n) is 4.05. The van der Waals surface area contributed by atoms with Crippen molar-refractivity contribution >= 4 is 21.9 Å². The van der Waals surface area contributed by atoms with E-state index in [2.05, 4.69) is 14.8 Å². The minimum absolute atomic E-state index is 0.214. The van der Waals surface area contributed by atoms with Gasteiger partial charge in [0.25, 0.3) is 0 Å². The molecule has 0 radical (unpaired) electrons. The summed E-state index contributed by atoms with van der Waals surface area (Å²) in [5.74, 6) is -4.20. The van der Waals surface area contributed by atoms with Crippen molar-refractivity contribution in [1.29, 1.82) is 0 Å². The molecule has 2 aromatic rings. The molecule has 2 N–H and O–H groups in total. The first-order valence-corrected chi connectivity index (χ1v) is 10.2. The Morgan fingerprint density at radius 3 is 2.30 bits per heavy atom. The van der Waals surface area contributed by atoms with E-state index < -0.39 is 50.3 Å². The lowest BCUT2D eigenvalue weighted by Crippen LogP contribution is -2.34. The molecule has 0 saturated heterocycles. The SMILES string of the molecule is COC(=O)CC(NC(=O)CCNS(=O)(=O)c1ccc(F)c(F)c1)c1ccc(F)cc1. The summed E-state index contributed by atoms with van der Waals surface area (Å²) in [5.41, 5.74) is 0.456. The summed E-state index contributed by atoms with van der Waals surface area (Å²) >= 11 is 0. The van der Waals surface area contributed by atoms with Gasteiger partial charge in [-0.2, -0.15) is 0 Å². The molecule has 0 heterocycles. The van der Waals surface area contributed by atoms with Gasteiger partial charge in [0.2, 0.25) is 15.9 Å². The second kappa shape index (κ2) is 10.2. The molecule has 2 rings (SSSR count). The van der Waals surface area contributed by atoms with Gasteiger partial charge in [0.1, 0.15) is 5.82 Å². The summed E-state index contributed by atoms with van der Waals surface area (Å²) in [6.07, 6.45) is -0.518. The number of benzene rings is 2. The van der Waals surface area contributed by atoms with Crippen molar-refractivity contribution in [3.63, 3.8) is 0 Å². The number of carbonyl (C=O) groups excluding carboxylic acids is 2. The fourth-order valence-electron chi connectivity index (χ4n) is 2.49. The van der Waals surface area contributed by atoms with Crippen LogP contribution in [0.2, 0.25) is 0 Å². The summed E-state index contributed by atoms with van der Waals surface area (Å²) < 4.78 is 70.2. The lowest BCUT2D eigenvalue weighted by atomic mass is 10.0. The Labute approximate surface area is 171 Å². The molecular formula is C19H19F3N2O5S.